The number of hydrogen-bond acceptors (Lipinski definition) is 5. The highest BCUT2D eigenvalue weighted by Crippen LogP contribution is 2.15. The Kier molecular flexibility index (Phi) is 6.63. The van der Waals surface area contributed by atoms with Crippen LogP contribution >= 0.6 is 0 Å². The number of carbonyl (C=O) groups excluding carboxylic acids is 2. The lowest BCUT2D eigenvalue weighted by Gasteiger charge is -2.15. The third-order valence-electron chi connectivity index (χ3n) is 1.75. The lowest BCUT2D eigenvalue weighted by Crippen LogP contribution is -2.12. The van der Waals surface area contributed by atoms with Crippen LogP contribution in [0.2, 0.25) is 0 Å². The number of ether oxygens (including phenoxy) is 1. The fourth-order valence-corrected chi connectivity index (χ4v) is 0.915. The molecule has 0 heterocycles. The number of rotatable bonds is 8. The van der Waals surface area contributed by atoms with Crippen molar-refractivity contribution in [2.24, 2.45) is 9.98 Å². The highest BCUT2D eigenvalue weighted by atomic mass is 16.5. The Balaban J connectivity index is 4.72. The van der Waals surface area contributed by atoms with Crippen LogP contribution in [0.25, 0.3) is 0 Å². The van der Waals surface area contributed by atoms with Gasteiger partial charge in [0.1, 0.15) is 23.6 Å². The summed E-state index contributed by atoms with van der Waals surface area (Å²) in [6.07, 6.45) is 5.44. The summed E-state index contributed by atoms with van der Waals surface area (Å²) < 4.78 is 5.18. The second kappa shape index (κ2) is 7.77. The monoisotopic (exact) mass is 232 g/mol. The molecule has 0 bridgehead atoms. The van der Waals surface area contributed by atoms with Gasteiger partial charge in [-0.25, -0.2) is 9.59 Å². The van der Waals surface area contributed by atoms with E-state index in [0.29, 0.717) is 0 Å². The molecule has 0 aliphatic carbocycles. The van der Waals surface area contributed by atoms with Crippen LogP contribution in [0.1, 0.15) is 0 Å². The fraction of sp³-hybridized carbons (Fsp3) is 0.167. The summed E-state index contributed by atoms with van der Waals surface area (Å²) in [6, 6.07) is -1.45. The van der Waals surface area contributed by atoms with Gasteiger partial charge in [-0.15, -0.1) is 13.2 Å². The van der Waals surface area contributed by atoms with Gasteiger partial charge in [-0.2, -0.15) is 9.98 Å². The summed E-state index contributed by atoms with van der Waals surface area (Å²) in [5.74, 6) is 0.252. The Labute approximate surface area is 99.2 Å². The van der Waals surface area contributed by atoms with Crippen LogP contribution in [0.5, 0.6) is 0 Å². The fourth-order valence-electron chi connectivity index (χ4n) is 0.915. The molecular weight excluding hydrogens is 220 g/mol. The Morgan fingerprint density at radius 2 is 1.35 bits per heavy atom. The summed E-state index contributed by atoms with van der Waals surface area (Å²) in [4.78, 5) is 27.0. The molecular formula is C12H12N2O3. The van der Waals surface area contributed by atoms with Gasteiger partial charge in [-0.1, -0.05) is 25.3 Å². The van der Waals surface area contributed by atoms with Gasteiger partial charge in [-0.3, -0.25) is 0 Å². The Hall–Kier alpha value is -2.48. The molecule has 0 rings (SSSR count). The minimum atomic E-state index is -0.727. The predicted octanol–water partition coefficient (Wildman–Crippen LogP) is 1.81. The van der Waals surface area contributed by atoms with Crippen molar-refractivity contribution in [1.29, 1.82) is 0 Å². The zero-order valence-electron chi connectivity index (χ0n) is 9.26. The van der Waals surface area contributed by atoms with Gasteiger partial charge in [0.25, 0.3) is 0 Å². The highest BCUT2D eigenvalue weighted by Gasteiger charge is 2.14. The van der Waals surface area contributed by atoms with E-state index in [1.807, 2.05) is 0 Å². The van der Waals surface area contributed by atoms with E-state index in [-0.39, 0.29) is 11.5 Å². The zero-order chi connectivity index (χ0) is 13.3. The van der Waals surface area contributed by atoms with Crippen LogP contribution in [-0.4, -0.2) is 24.2 Å². The smallest absolute Gasteiger partial charge is 0.236 e. The lowest BCUT2D eigenvalue weighted by molar-refractivity contribution is 0.276. The van der Waals surface area contributed by atoms with Gasteiger partial charge in [0.2, 0.25) is 12.2 Å². The molecule has 0 N–H and O–H groups in total. The molecule has 2 atom stereocenters. The molecule has 0 aromatic rings. The Morgan fingerprint density at radius 1 is 1.00 bits per heavy atom. The summed E-state index contributed by atoms with van der Waals surface area (Å²) >= 11 is 0. The average molecular weight is 232 g/mol. The topological polar surface area (TPSA) is 68.1 Å². The summed E-state index contributed by atoms with van der Waals surface area (Å²) in [5, 5.41) is 0. The highest BCUT2D eigenvalue weighted by molar-refractivity contribution is 5.37. The maximum Gasteiger partial charge on any atom is 0.236 e. The van der Waals surface area contributed by atoms with E-state index in [1.54, 1.807) is 0 Å². The first-order valence-corrected chi connectivity index (χ1v) is 4.55. The zero-order valence-corrected chi connectivity index (χ0v) is 9.26. The molecule has 0 saturated carbocycles. The van der Waals surface area contributed by atoms with Gasteiger partial charge < -0.3 is 4.74 Å². The van der Waals surface area contributed by atoms with Crippen LogP contribution in [0, 0.1) is 0 Å². The van der Waals surface area contributed by atoms with Crippen LogP contribution in [0.15, 0.2) is 60.0 Å². The van der Waals surface area contributed by atoms with E-state index >= 15 is 0 Å². The molecule has 0 amide bonds. The van der Waals surface area contributed by atoms with Crippen LogP contribution in [-0.2, 0) is 14.3 Å². The van der Waals surface area contributed by atoms with Gasteiger partial charge in [0.15, 0.2) is 0 Å². The molecule has 0 aromatic heterocycles. The lowest BCUT2D eigenvalue weighted by atomic mass is 10.2. The molecule has 5 nitrogen and oxygen atoms in total. The van der Waals surface area contributed by atoms with E-state index in [4.69, 9.17) is 4.74 Å². The second-order valence-electron chi connectivity index (χ2n) is 2.84. The van der Waals surface area contributed by atoms with E-state index in [1.165, 1.54) is 24.3 Å². The van der Waals surface area contributed by atoms with Crippen LogP contribution in [0.4, 0.5) is 0 Å². The van der Waals surface area contributed by atoms with Crippen molar-refractivity contribution >= 4 is 12.2 Å². The molecule has 0 aliphatic rings. The molecule has 17 heavy (non-hydrogen) atoms. The molecule has 0 spiro atoms. The largest absolute Gasteiger partial charge is 0.462 e. The SMILES string of the molecule is C=CC(N=C=O)C(=C)OC(=C)C(C=C)N=C=O. The first-order valence-electron chi connectivity index (χ1n) is 4.55. The first kappa shape index (κ1) is 14.5. The summed E-state index contributed by atoms with van der Waals surface area (Å²) in [6.45, 7) is 14.0. The van der Waals surface area contributed by atoms with Gasteiger partial charge in [0, 0.05) is 0 Å². The van der Waals surface area contributed by atoms with Crippen molar-refractivity contribution in [2.45, 2.75) is 12.1 Å². The third kappa shape index (κ3) is 4.71. The molecule has 2 unspecified atom stereocenters. The predicted molar refractivity (Wildman–Crippen MR) is 63.6 cm³/mol. The van der Waals surface area contributed by atoms with Gasteiger partial charge in [-0.05, 0) is 0 Å². The average Bonchev–Trinajstić information content (AvgIpc) is 2.32. The summed E-state index contributed by atoms with van der Waals surface area (Å²) in [7, 11) is 0. The second-order valence-corrected chi connectivity index (χ2v) is 2.84. The van der Waals surface area contributed by atoms with Crippen molar-refractivity contribution in [3.63, 3.8) is 0 Å². The van der Waals surface area contributed by atoms with E-state index in [2.05, 4.69) is 36.3 Å². The van der Waals surface area contributed by atoms with Crippen molar-refractivity contribution in [3.8, 4) is 0 Å². The summed E-state index contributed by atoms with van der Waals surface area (Å²) in [5.41, 5.74) is 0. The maximum absolute atomic E-state index is 10.1. The number of isocyanates is 2. The third-order valence-corrected chi connectivity index (χ3v) is 1.75. The number of hydrogen-bond donors (Lipinski definition) is 0. The normalized spacial score (nSPS) is 12.0. The Bertz CT molecular complexity index is 387. The molecule has 0 aliphatic heterocycles. The van der Waals surface area contributed by atoms with Crippen molar-refractivity contribution < 1.29 is 14.3 Å². The standard InChI is InChI=1S/C12H12N2O3/c1-5-11(13-7-15)9(3)17-10(4)12(6-2)14-8-16/h5-6,11-12H,1-4H2. The van der Waals surface area contributed by atoms with E-state index in [0.717, 1.165) is 0 Å². The van der Waals surface area contributed by atoms with Crippen LogP contribution in [0.3, 0.4) is 0 Å². The molecule has 5 heteroatoms. The Morgan fingerprint density at radius 3 is 1.59 bits per heavy atom. The molecule has 0 aromatic carbocycles. The van der Waals surface area contributed by atoms with Crippen molar-refractivity contribution in [2.75, 3.05) is 0 Å². The van der Waals surface area contributed by atoms with Gasteiger partial charge in [0.05, 0.1) is 0 Å². The van der Waals surface area contributed by atoms with E-state index < -0.39 is 12.1 Å². The van der Waals surface area contributed by atoms with E-state index in [9.17, 15) is 9.59 Å². The van der Waals surface area contributed by atoms with Gasteiger partial charge >= 0.3 is 0 Å². The van der Waals surface area contributed by atoms with Crippen molar-refractivity contribution in [3.05, 3.63) is 50.0 Å². The minimum Gasteiger partial charge on any atom is -0.462 e. The number of nitrogens with zero attached hydrogens (tertiary/aromatic N) is 2. The molecule has 0 radical (unpaired) electrons. The minimum absolute atomic E-state index is 0.126. The number of aliphatic imine (C=N–C) groups is 2. The van der Waals surface area contributed by atoms with Crippen molar-refractivity contribution in [1.82, 2.24) is 0 Å². The molecule has 0 fully saturated rings. The quantitative estimate of drug-likeness (QED) is 0.277. The van der Waals surface area contributed by atoms with Crippen LogP contribution < -0.4 is 0 Å². The first-order chi connectivity index (χ1) is 8.10. The maximum atomic E-state index is 10.1. The molecule has 0 saturated heterocycles. The molecule has 88 valence electrons.